The minimum atomic E-state index is -0.638. The number of ether oxygens (including phenoxy) is 1. The fourth-order valence-electron chi connectivity index (χ4n) is 4.27. The average Bonchev–Trinajstić information content (AvgIpc) is 2.83. The maximum absolute atomic E-state index is 13.5. The van der Waals surface area contributed by atoms with E-state index in [0.717, 1.165) is 5.56 Å². The molecule has 1 amide bonds. The summed E-state index contributed by atoms with van der Waals surface area (Å²) in [6.45, 7) is 4.24. The van der Waals surface area contributed by atoms with Gasteiger partial charge in [-0.1, -0.05) is 23.7 Å². The van der Waals surface area contributed by atoms with Crippen molar-refractivity contribution in [2.24, 2.45) is 0 Å². The third-order valence-electron chi connectivity index (χ3n) is 6.04. The van der Waals surface area contributed by atoms with Crippen molar-refractivity contribution in [1.82, 2.24) is 9.80 Å². The second-order valence-electron chi connectivity index (χ2n) is 8.51. The van der Waals surface area contributed by atoms with Crippen LogP contribution in [0.3, 0.4) is 0 Å². The van der Waals surface area contributed by atoms with Crippen LogP contribution in [0.2, 0.25) is 5.02 Å². The molecule has 0 aromatic heterocycles. The summed E-state index contributed by atoms with van der Waals surface area (Å²) in [5, 5.41) is 5.99. The predicted octanol–water partition coefficient (Wildman–Crippen LogP) is 2.97. The number of benzene rings is 2. The molecule has 1 aliphatic rings. The van der Waals surface area contributed by atoms with Crippen molar-refractivity contribution in [3.8, 4) is 5.75 Å². The van der Waals surface area contributed by atoms with Crippen LogP contribution in [0.5, 0.6) is 5.75 Å². The van der Waals surface area contributed by atoms with Gasteiger partial charge in [0.15, 0.2) is 6.61 Å². The number of carbonyl (C=O) groups excluding carboxylic acids is 1. The molecule has 2 N–H and O–H groups in total. The Hall–Kier alpha value is -3.43. The lowest BCUT2D eigenvalue weighted by Gasteiger charge is -2.39. The standard InChI is InChI=1S/C25H26ClFN4O4/c1-15-12-30(13-16-4-3-5-18(27)10-16)8-9-31(15)21(32)14-35-20-7-6-17(26)11-19(20)29-23-22(28-2)24(33)25(23)34/h3-7,10-11,15,28-29H,8-9,12-14H2,1-2H3/t15-/m1/s1. The van der Waals surface area contributed by atoms with Gasteiger partial charge >= 0.3 is 0 Å². The topological polar surface area (TPSA) is 91.0 Å². The van der Waals surface area contributed by atoms with Crippen molar-refractivity contribution in [1.29, 1.82) is 0 Å². The highest BCUT2D eigenvalue weighted by molar-refractivity contribution is 6.31. The third-order valence-corrected chi connectivity index (χ3v) is 6.28. The lowest BCUT2D eigenvalue weighted by atomic mass is 10.1. The predicted molar refractivity (Wildman–Crippen MR) is 134 cm³/mol. The van der Waals surface area contributed by atoms with Gasteiger partial charge in [-0.2, -0.15) is 0 Å². The van der Waals surface area contributed by atoms with E-state index >= 15 is 0 Å². The summed E-state index contributed by atoms with van der Waals surface area (Å²) >= 11 is 6.10. The van der Waals surface area contributed by atoms with Gasteiger partial charge in [0, 0.05) is 44.3 Å². The van der Waals surface area contributed by atoms with E-state index in [1.165, 1.54) is 12.1 Å². The highest BCUT2D eigenvalue weighted by Crippen LogP contribution is 2.32. The van der Waals surface area contributed by atoms with E-state index in [1.807, 2.05) is 13.0 Å². The first-order chi connectivity index (χ1) is 16.8. The van der Waals surface area contributed by atoms with Crippen LogP contribution in [0, 0.1) is 5.82 Å². The molecule has 1 aliphatic heterocycles. The van der Waals surface area contributed by atoms with Crippen LogP contribution in [-0.2, 0) is 11.3 Å². The molecule has 1 fully saturated rings. The Kier molecular flexibility index (Phi) is 7.37. The summed E-state index contributed by atoms with van der Waals surface area (Å²) in [6.07, 6.45) is 0. The number of carbonyl (C=O) groups is 1. The monoisotopic (exact) mass is 500 g/mol. The number of amides is 1. The minimum Gasteiger partial charge on any atom is -0.482 e. The maximum Gasteiger partial charge on any atom is 0.260 e. The van der Waals surface area contributed by atoms with Gasteiger partial charge < -0.3 is 20.3 Å². The smallest absolute Gasteiger partial charge is 0.260 e. The first-order valence-electron chi connectivity index (χ1n) is 11.2. The third kappa shape index (κ3) is 5.47. The summed E-state index contributed by atoms with van der Waals surface area (Å²) in [4.78, 5) is 40.5. The van der Waals surface area contributed by atoms with Crippen molar-refractivity contribution >= 4 is 34.6 Å². The van der Waals surface area contributed by atoms with Crippen LogP contribution in [0.1, 0.15) is 12.5 Å². The first-order valence-corrected chi connectivity index (χ1v) is 11.6. The summed E-state index contributed by atoms with van der Waals surface area (Å²) in [6, 6.07) is 11.3. The highest BCUT2D eigenvalue weighted by Gasteiger charge is 2.28. The van der Waals surface area contributed by atoms with Gasteiger partial charge in [0.25, 0.3) is 16.8 Å². The number of hydrogen-bond donors (Lipinski definition) is 2. The van der Waals surface area contributed by atoms with Gasteiger partial charge in [-0.25, -0.2) is 4.39 Å². The first kappa shape index (κ1) is 24.7. The summed E-state index contributed by atoms with van der Waals surface area (Å²) in [7, 11) is 1.55. The Morgan fingerprint density at radius 1 is 1.14 bits per heavy atom. The van der Waals surface area contributed by atoms with Crippen LogP contribution in [0.15, 0.2) is 52.1 Å². The zero-order chi connectivity index (χ0) is 25.1. The zero-order valence-electron chi connectivity index (χ0n) is 19.4. The van der Waals surface area contributed by atoms with Gasteiger partial charge in [0.05, 0.1) is 5.69 Å². The molecule has 0 spiro atoms. The molecule has 1 saturated heterocycles. The zero-order valence-corrected chi connectivity index (χ0v) is 20.2. The Balaban J connectivity index is 1.37. The molecular weight excluding hydrogens is 475 g/mol. The van der Waals surface area contributed by atoms with Crippen LogP contribution in [0.4, 0.5) is 21.5 Å². The van der Waals surface area contributed by atoms with E-state index in [4.69, 9.17) is 16.3 Å². The Labute approximate surface area is 206 Å². The van der Waals surface area contributed by atoms with Crippen molar-refractivity contribution < 1.29 is 13.9 Å². The van der Waals surface area contributed by atoms with E-state index in [0.29, 0.717) is 42.6 Å². The van der Waals surface area contributed by atoms with E-state index in [9.17, 15) is 18.8 Å². The van der Waals surface area contributed by atoms with Crippen molar-refractivity contribution in [3.05, 3.63) is 79.3 Å². The van der Waals surface area contributed by atoms with Gasteiger partial charge in [0.1, 0.15) is 22.9 Å². The van der Waals surface area contributed by atoms with E-state index in [-0.39, 0.29) is 35.7 Å². The minimum absolute atomic E-state index is 0.0434. The lowest BCUT2D eigenvalue weighted by Crippen LogP contribution is -2.54. The summed E-state index contributed by atoms with van der Waals surface area (Å²) < 4.78 is 19.3. The molecule has 0 unspecified atom stereocenters. The van der Waals surface area contributed by atoms with Crippen LogP contribution >= 0.6 is 11.6 Å². The van der Waals surface area contributed by atoms with Crippen LogP contribution < -0.4 is 26.2 Å². The number of hydrogen-bond acceptors (Lipinski definition) is 7. The quantitative estimate of drug-likeness (QED) is 0.459. The highest BCUT2D eigenvalue weighted by atomic mass is 35.5. The molecule has 4 rings (SSSR count). The fourth-order valence-corrected chi connectivity index (χ4v) is 4.45. The Bertz CT molecular complexity index is 1310. The van der Waals surface area contributed by atoms with Gasteiger partial charge in [-0.05, 0) is 42.8 Å². The Morgan fingerprint density at radius 3 is 2.63 bits per heavy atom. The molecule has 8 nitrogen and oxygen atoms in total. The molecule has 1 atom stereocenters. The molecule has 1 heterocycles. The number of halogens is 2. The van der Waals surface area contributed by atoms with Crippen molar-refractivity contribution in [2.45, 2.75) is 19.5 Å². The van der Waals surface area contributed by atoms with E-state index < -0.39 is 10.9 Å². The second-order valence-corrected chi connectivity index (χ2v) is 8.95. The fraction of sp³-hybridized carbons (Fsp3) is 0.320. The number of nitrogens with one attached hydrogen (secondary N) is 2. The van der Waals surface area contributed by atoms with Gasteiger partial charge in [0.2, 0.25) is 0 Å². The van der Waals surface area contributed by atoms with Crippen molar-refractivity contribution in [2.75, 3.05) is 43.9 Å². The molecule has 0 bridgehead atoms. The Morgan fingerprint density at radius 2 is 1.91 bits per heavy atom. The lowest BCUT2D eigenvalue weighted by molar-refractivity contribution is -0.137. The van der Waals surface area contributed by atoms with Crippen LogP contribution in [0.25, 0.3) is 0 Å². The van der Waals surface area contributed by atoms with Crippen LogP contribution in [-0.4, -0.2) is 55.0 Å². The normalized spacial score (nSPS) is 16.3. The molecule has 0 radical (unpaired) electrons. The van der Waals surface area contributed by atoms with Crippen molar-refractivity contribution in [3.63, 3.8) is 0 Å². The number of rotatable bonds is 8. The van der Waals surface area contributed by atoms with Gasteiger partial charge in [-0.15, -0.1) is 0 Å². The molecule has 3 aromatic rings. The number of anilines is 3. The second kappa shape index (κ2) is 10.5. The largest absolute Gasteiger partial charge is 0.482 e. The van der Waals surface area contributed by atoms with E-state index in [2.05, 4.69) is 15.5 Å². The molecule has 184 valence electrons. The molecule has 0 saturated carbocycles. The molecular formula is C25H26ClFN4O4. The van der Waals surface area contributed by atoms with E-state index in [1.54, 1.807) is 36.2 Å². The summed E-state index contributed by atoms with van der Waals surface area (Å²) in [5.41, 5.74) is 0.343. The molecule has 0 aliphatic carbocycles. The molecule has 35 heavy (non-hydrogen) atoms. The molecule has 3 aromatic carbocycles. The summed E-state index contributed by atoms with van der Waals surface area (Å²) in [5.74, 6) is -0.103. The SMILES string of the molecule is CNc1c(Nc2cc(Cl)ccc2OCC(=O)N2CCN(Cc3cccc(F)c3)C[C@H]2C)c(=O)c1=O. The van der Waals surface area contributed by atoms with Gasteiger partial charge in [-0.3, -0.25) is 19.3 Å². The maximum atomic E-state index is 13.5. The number of piperazine rings is 1. The number of nitrogens with zero attached hydrogens (tertiary/aromatic N) is 2. The average molecular weight is 501 g/mol. The molecule has 10 heteroatoms.